The standard InChI is InChI=1S/C37H33ClN2O4/c1-24(2)27-9-8-10-29(21-27)39-33-20-19-28(38)22-32(33)37(43)40-34(23-36(41)42)26-17-15-25(16-18-26)31-13-6-7-14-35(31)44-30-11-4-3-5-12-30/h3-22,24,34,39H,23H2,1-2H3,(H,40,43)(H,41,42). The van der Waals surface area contributed by atoms with E-state index in [4.69, 9.17) is 16.3 Å². The van der Waals surface area contributed by atoms with Gasteiger partial charge in [-0.25, -0.2) is 0 Å². The summed E-state index contributed by atoms with van der Waals surface area (Å²) in [4.78, 5) is 25.5. The molecule has 0 heterocycles. The number of carboxylic acids is 1. The minimum absolute atomic E-state index is 0.293. The van der Waals surface area contributed by atoms with Gasteiger partial charge in [-0.05, 0) is 71.1 Å². The molecule has 0 aliphatic rings. The Morgan fingerprint density at radius 3 is 2.25 bits per heavy atom. The molecular weight excluding hydrogens is 572 g/mol. The van der Waals surface area contributed by atoms with E-state index in [1.54, 1.807) is 18.2 Å². The average molecular weight is 605 g/mol. The second-order valence-electron chi connectivity index (χ2n) is 10.8. The van der Waals surface area contributed by atoms with E-state index in [1.165, 1.54) is 0 Å². The fourth-order valence-corrected chi connectivity index (χ4v) is 5.08. The number of ether oxygens (including phenoxy) is 1. The minimum atomic E-state index is -1.03. The molecule has 7 heteroatoms. The number of carboxylic acid groups (broad SMARTS) is 1. The molecule has 5 rings (SSSR count). The van der Waals surface area contributed by atoms with Gasteiger partial charge in [-0.15, -0.1) is 0 Å². The number of aliphatic carboxylic acids is 1. The molecule has 0 aromatic heterocycles. The molecule has 6 nitrogen and oxygen atoms in total. The zero-order chi connectivity index (χ0) is 31.1. The van der Waals surface area contributed by atoms with Crippen LogP contribution in [0.3, 0.4) is 0 Å². The number of benzene rings is 5. The van der Waals surface area contributed by atoms with E-state index in [2.05, 4.69) is 30.5 Å². The fraction of sp³-hybridized carbons (Fsp3) is 0.135. The minimum Gasteiger partial charge on any atom is -0.481 e. The summed E-state index contributed by atoms with van der Waals surface area (Å²) in [6.07, 6.45) is -0.293. The van der Waals surface area contributed by atoms with E-state index in [9.17, 15) is 14.7 Å². The molecule has 222 valence electrons. The Hall–Kier alpha value is -5.07. The van der Waals surface area contributed by atoms with Crippen molar-refractivity contribution in [2.24, 2.45) is 0 Å². The van der Waals surface area contributed by atoms with Gasteiger partial charge in [0, 0.05) is 16.3 Å². The molecule has 1 amide bonds. The van der Waals surface area contributed by atoms with Gasteiger partial charge in [0.15, 0.2) is 0 Å². The maximum Gasteiger partial charge on any atom is 0.305 e. The predicted molar refractivity (Wildman–Crippen MR) is 176 cm³/mol. The highest BCUT2D eigenvalue weighted by Crippen LogP contribution is 2.34. The molecular formula is C37H33ClN2O4. The van der Waals surface area contributed by atoms with Crippen molar-refractivity contribution < 1.29 is 19.4 Å². The van der Waals surface area contributed by atoms with Gasteiger partial charge >= 0.3 is 5.97 Å². The lowest BCUT2D eigenvalue weighted by Crippen LogP contribution is -2.30. The Morgan fingerprint density at radius 2 is 1.52 bits per heavy atom. The normalized spacial score (nSPS) is 11.5. The molecule has 0 spiro atoms. The van der Waals surface area contributed by atoms with Gasteiger partial charge in [-0.3, -0.25) is 9.59 Å². The quantitative estimate of drug-likeness (QED) is 0.140. The average Bonchev–Trinajstić information content (AvgIpc) is 3.02. The first-order valence-electron chi connectivity index (χ1n) is 14.4. The molecule has 0 bridgehead atoms. The summed E-state index contributed by atoms with van der Waals surface area (Å²) in [5, 5.41) is 16.4. The van der Waals surface area contributed by atoms with Crippen molar-refractivity contribution in [1.82, 2.24) is 5.32 Å². The number of para-hydroxylation sites is 2. The van der Waals surface area contributed by atoms with Crippen LogP contribution in [0.25, 0.3) is 11.1 Å². The second-order valence-corrected chi connectivity index (χ2v) is 11.2. The molecule has 0 saturated heterocycles. The Bertz CT molecular complexity index is 1750. The predicted octanol–water partition coefficient (Wildman–Crippen LogP) is 9.61. The van der Waals surface area contributed by atoms with Crippen molar-refractivity contribution in [2.75, 3.05) is 5.32 Å². The Labute approximate surface area is 262 Å². The van der Waals surface area contributed by atoms with Crippen LogP contribution >= 0.6 is 11.6 Å². The summed E-state index contributed by atoms with van der Waals surface area (Å²) in [5.74, 6) is 0.297. The summed E-state index contributed by atoms with van der Waals surface area (Å²) in [6, 6.07) is 37.0. The van der Waals surface area contributed by atoms with Gasteiger partial charge < -0.3 is 20.5 Å². The SMILES string of the molecule is CC(C)c1cccc(Nc2ccc(Cl)cc2C(=O)NC(CC(=O)O)c2ccc(-c3ccccc3Oc3ccccc3)cc2)c1. The zero-order valence-corrected chi connectivity index (χ0v) is 25.2. The highest BCUT2D eigenvalue weighted by molar-refractivity contribution is 6.31. The molecule has 0 fully saturated rings. The van der Waals surface area contributed by atoms with Crippen LogP contribution in [0.15, 0.2) is 121 Å². The van der Waals surface area contributed by atoms with Crippen molar-refractivity contribution in [3.63, 3.8) is 0 Å². The lowest BCUT2D eigenvalue weighted by Gasteiger charge is -2.20. The van der Waals surface area contributed by atoms with Crippen molar-refractivity contribution >= 4 is 34.9 Å². The first-order chi connectivity index (χ1) is 21.3. The van der Waals surface area contributed by atoms with Crippen LogP contribution in [-0.4, -0.2) is 17.0 Å². The molecule has 5 aromatic rings. The monoisotopic (exact) mass is 604 g/mol. The first kappa shape index (κ1) is 30.4. The molecule has 5 aromatic carbocycles. The summed E-state index contributed by atoms with van der Waals surface area (Å²) in [5.41, 5.74) is 5.31. The topological polar surface area (TPSA) is 87.7 Å². The molecule has 0 aliphatic heterocycles. The largest absolute Gasteiger partial charge is 0.481 e. The zero-order valence-electron chi connectivity index (χ0n) is 24.5. The number of carbonyl (C=O) groups excluding carboxylic acids is 1. The number of amides is 1. The maximum atomic E-state index is 13.6. The van der Waals surface area contributed by atoms with Gasteiger partial charge in [0.1, 0.15) is 11.5 Å². The van der Waals surface area contributed by atoms with Crippen LogP contribution in [0, 0.1) is 0 Å². The van der Waals surface area contributed by atoms with Crippen LogP contribution < -0.4 is 15.4 Å². The van der Waals surface area contributed by atoms with E-state index < -0.39 is 17.9 Å². The Balaban J connectivity index is 1.39. The van der Waals surface area contributed by atoms with Gasteiger partial charge in [-0.2, -0.15) is 0 Å². The summed E-state index contributed by atoms with van der Waals surface area (Å²) >= 11 is 6.30. The van der Waals surface area contributed by atoms with E-state index in [1.807, 2.05) is 97.1 Å². The fourth-order valence-electron chi connectivity index (χ4n) is 4.91. The van der Waals surface area contributed by atoms with Crippen molar-refractivity contribution in [3.05, 3.63) is 143 Å². The Morgan fingerprint density at radius 1 is 0.795 bits per heavy atom. The van der Waals surface area contributed by atoms with Crippen molar-refractivity contribution in [1.29, 1.82) is 0 Å². The number of carbonyl (C=O) groups is 2. The highest BCUT2D eigenvalue weighted by atomic mass is 35.5. The van der Waals surface area contributed by atoms with E-state index in [-0.39, 0.29) is 6.42 Å². The number of hydrogen-bond donors (Lipinski definition) is 3. The highest BCUT2D eigenvalue weighted by Gasteiger charge is 2.22. The molecule has 3 N–H and O–H groups in total. The number of halogens is 1. The molecule has 44 heavy (non-hydrogen) atoms. The van der Waals surface area contributed by atoms with Gasteiger partial charge in [-0.1, -0.05) is 98.2 Å². The molecule has 0 radical (unpaired) electrons. The van der Waals surface area contributed by atoms with E-state index >= 15 is 0 Å². The van der Waals surface area contributed by atoms with Crippen LogP contribution in [0.4, 0.5) is 11.4 Å². The first-order valence-corrected chi connectivity index (χ1v) is 14.8. The smallest absolute Gasteiger partial charge is 0.305 e. The third-order valence-electron chi connectivity index (χ3n) is 7.22. The van der Waals surface area contributed by atoms with E-state index in [0.29, 0.717) is 33.5 Å². The van der Waals surface area contributed by atoms with Gasteiger partial charge in [0.25, 0.3) is 5.91 Å². The van der Waals surface area contributed by atoms with Crippen LogP contribution in [0.5, 0.6) is 11.5 Å². The van der Waals surface area contributed by atoms with Crippen LogP contribution in [0.1, 0.15) is 53.7 Å². The van der Waals surface area contributed by atoms with Crippen molar-refractivity contribution in [2.45, 2.75) is 32.2 Å². The van der Waals surface area contributed by atoms with Crippen LogP contribution in [0.2, 0.25) is 5.02 Å². The van der Waals surface area contributed by atoms with Gasteiger partial charge in [0.05, 0.1) is 23.7 Å². The lowest BCUT2D eigenvalue weighted by atomic mass is 9.98. The number of anilines is 2. The third kappa shape index (κ3) is 7.65. The Kier molecular flexibility index (Phi) is 9.62. The van der Waals surface area contributed by atoms with Crippen molar-refractivity contribution in [3.8, 4) is 22.6 Å². The van der Waals surface area contributed by atoms with Gasteiger partial charge in [0.2, 0.25) is 0 Å². The number of hydrogen-bond acceptors (Lipinski definition) is 4. The molecule has 1 unspecified atom stereocenters. The lowest BCUT2D eigenvalue weighted by molar-refractivity contribution is -0.137. The summed E-state index contributed by atoms with van der Waals surface area (Å²) in [7, 11) is 0. The number of nitrogens with one attached hydrogen (secondary N) is 2. The van der Waals surface area contributed by atoms with E-state index in [0.717, 1.165) is 28.1 Å². The summed E-state index contributed by atoms with van der Waals surface area (Å²) < 4.78 is 6.13. The maximum absolute atomic E-state index is 13.6. The van der Waals surface area contributed by atoms with Crippen LogP contribution in [-0.2, 0) is 4.79 Å². The molecule has 0 saturated carbocycles. The molecule has 1 atom stereocenters. The summed E-state index contributed by atoms with van der Waals surface area (Å²) in [6.45, 7) is 4.24. The second kappa shape index (κ2) is 13.9. The molecule has 0 aliphatic carbocycles. The third-order valence-corrected chi connectivity index (χ3v) is 7.46. The number of rotatable bonds is 11.